The van der Waals surface area contributed by atoms with Crippen molar-refractivity contribution in [1.29, 1.82) is 0 Å². The summed E-state index contributed by atoms with van der Waals surface area (Å²) < 4.78 is 33.0. The number of sulfonamides is 1. The quantitative estimate of drug-likeness (QED) is 0.613. The molecule has 2 N–H and O–H groups in total. The summed E-state index contributed by atoms with van der Waals surface area (Å²) in [6.07, 6.45) is 1.02. The van der Waals surface area contributed by atoms with Crippen LogP contribution in [0.5, 0.6) is 5.75 Å². The average molecular weight is 474 g/mol. The fourth-order valence-electron chi connectivity index (χ4n) is 3.78. The van der Waals surface area contributed by atoms with Crippen LogP contribution in [0.15, 0.2) is 59.5 Å². The van der Waals surface area contributed by atoms with E-state index < -0.39 is 16.1 Å². The smallest absolute Gasteiger partial charge is 0.251 e. The van der Waals surface area contributed by atoms with Gasteiger partial charge < -0.3 is 15.0 Å². The molecule has 33 heavy (non-hydrogen) atoms. The van der Waals surface area contributed by atoms with Gasteiger partial charge in [0.05, 0.1) is 12.0 Å². The third-order valence-corrected chi connectivity index (χ3v) is 7.29. The molecule has 1 fully saturated rings. The lowest BCUT2D eigenvalue weighted by Crippen LogP contribution is -2.54. The Bertz CT molecular complexity index is 1050. The number of carbonyl (C=O) groups excluding carboxylic acids is 2. The maximum absolute atomic E-state index is 13.2. The number of piperidine rings is 1. The highest BCUT2D eigenvalue weighted by atomic mass is 32.2. The number of amides is 2. The molecule has 9 heteroatoms. The van der Waals surface area contributed by atoms with Gasteiger partial charge in [-0.3, -0.25) is 9.59 Å². The molecule has 1 atom stereocenters. The van der Waals surface area contributed by atoms with Gasteiger partial charge >= 0.3 is 0 Å². The van der Waals surface area contributed by atoms with Crippen molar-refractivity contribution in [2.24, 2.45) is 5.92 Å². The van der Waals surface area contributed by atoms with Crippen molar-refractivity contribution in [3.05, 3.63) is 60.2 Å². The van der Waals surface area contributed by atoms with Crippen molar-refractivity contribution in [2.75, 3.05) is 20.2 Å². The van der Waals surface area contributed by atoms with E-state index in [-0.39, 0.29) is 28.7 Å². The summed E-state index contributed by atoms with van der Waals surface area (Å²) in [4.78, 5) is 27.8. The molecular formula is C24H31N3O5S. The van der Waals surface area contributed by atoms with Crippen LogP contribution in [-0.4, -0.2) is 57.4 Å². The first kappa shape index (κ1) is 24.7. The maximum Gasteiger partial charge on any atom is 0.251 e. The van der Waals surface area contributed by atoms with Crippen molar-refractivity contribution in [3.8, 4) is 5.75 Å². The average Bonchev–Trinajstić information content (AvgIpc) is 2.82. The molecule has 178 valence electrons. The topological polar surface area (TPSA) is 105 Å². The lowest BCUT2D eigenvalue weighted by molar-refractivity contribution is -0.135. The second-order valence-corrected chi connectivity index (χ2v) is 10.2. The first-order valence-corrected chi connectivity index (χ1v) is 12.5. The zero-order chi connectivity index (χ0) is 24.0. The first-order valence-electron chi connectivity index (χ1n) is 11.0. The van der Waals surface area contributed by atoms with E-state index in [1.807, 2.05) is 13.8 Å². The molecule has 0 spiro atoms. The number of methoxy groups -OCH3 is 1. The Balaban J connectivity index is 1.58. The van der Waals surface area contributed by atoms with Gasteiger partial charge in [-0.1, -0.05) is 32.0 Å². The summed E-state index contributed by atoms with van der Waals surface area (Å²) in [6.45, 7) is 4.61. The molecule has 0 aromatic heterocycles. The Hall–Kier alpha value is -2.91. The molecule has 3 rings (SSSR count). The molecule has 0 aliphatic carbocycles. The summed E-state index contributed by atoms with van der Waals surface area (Å²) in [7, 11) is -2.04. The van der Waals surface area contributed by atoms with E-state index >= 15 is 0 Å². The van der Waals surface area contributed by atoms with Crippen LogP contribution in [0.1, 0.15) is 37.0 Å². The Kier molecular flexibility index (Phi) is 8.10. The fraction of sp³-hybridized carbons (Fsp3) is 0.417. The number of hydrogen-bond donors (Lipinski definition) is 2. The SMILES string of the molecule is COc1ccc(C(=O)NC(C(=O)N2CCC(NS(=O)(=O)c3ccccc3)CC2)C(C)C)cc1. The minimum absolute atomic E-state index is 0.103. The molecule has 0 radical (unpaired) electrons. The Morgan fingerprint density at radius 3 is 2.15 bits per heavy atom. The van der Waals surface area contributed by atoms with Gasteiger partial charge in [-0.05, 0) is 55.2 Å². The number of benzene rings is 2. The Morgan fingerprint density at radius 1 is 1.00 bits per heavy atom. The molecule has 1 saturated heterocycles. The van der Waals surface area contributed by atoms with Crippen molar-refractivity contribution in [2.45, 2.75) is 43.7 Å². The summed E-state index contributed by atoms with van der Waals surface area (Å²) in [6, 6.07) is 14.0. The van der Waals surface area contributed by atoms with Crippen LogP contribution in [0, 0.1) is 5.92 Å². The highest BCUT2D eigenvalue weighted by Crippen LogP contribution is 2.18. The Labute approximate surface area is 195 Å². The summed E-state index contributed by atoms with van der Waals surface area (Å²) in [5, 5.41) is 2.86. The molecule has 2 aromatic carbocycles. The maximum atomic E-state index is 13.2. The van der Waals surface area contributed by atoms with Gasteiger partial charge in [-0.25, -0.2) is 13.1 Å². The number of hydrogen-bond acceptors (Lipinski definition) is 5. The minimum atomic E-state index is -3.60. The van der Waals surface area contributed by atoms with E-state index in [9.17, 15) is 18.0 Å². The number of rotatable bonds is 8. The van der Waals surface area contributed by atoms with E-state index in [1.165, 1.54) is 0 Å². The van der Waals surface area contributed by atoms with Gasteiger partial charge in [-0.2, -0.15) is 0 Å². The van der Waals surface area contributed by atoms with Gasteiger partial charge in [-0.15, -0.1) is 0 Å². The van der Waals surface area contributed by atoms with Crippen LogP contribution >= 0.6 is 0 Å². The van der Waals surface area contributed by atoms with Gasteiger partial charge in [0.2, 0.25) is 15.9 Å². The van der Waals surface area contributed by atoms with Crippen molar-refractivity contribution in [3.63, 3.8) is 0 Å². The van der Waals surface area contributed by atoms with Gasteiger partial charge in [0.15, 0.2) is 0 Å². The fourth-order valence-corrected chi connectivity index (χ4v) is 5.11. The van der Waals surface area contributed by atoms with Gasteiger partial charge in [0.1, 0.15) is 11.8 Å². The van der Waals surface area contributed by atoms with Crippen molar-refractivity contribution in [1.82, 2.24) is 14.9 Å². The molecule has 8 nitrogen and oxygen atoms in total. The third kappa shape index (κ3) is 6.33. The monoisotopic (exact) mass is 473 g/mol. The van der Waals surface area contributed by atoms with Crippen LogP contribution in [-0.2, 0) is 14.8 Å². The lowest BCUT2D eigenvalue weighted by Gasteiger charge is -2.35. The second kappa shape index (κ2) is 10.8. The largest absolute Gasteiger partial charge is 0.497 e. The molecule has 2 aromatic rings. The molecule has 0 saturated carbocycles. The normalized spacial score (nSPS) is 15.8. The zero-order valence-corrected chi connectivity index (χ0v) is 20.0. The number of carbonyl (C=O) groups is 2. The summed E-state index contributed by atoms with van der Waals surface area (Å²) in [5.41, 5.74) is 0.447. The van der Waals surface area contributed by atoms with E-state index in [4.69, 9.17) is 4.74 Å². The van der Waals surface area contributed by atoms with Crippen LogP contribution in [0.4, 0.5) is 0 Å². The van der Waals surface area contributed by atoms with E-state index in [1.54, 1.807) is 66.6 Å². The number of nitrogens with zero attached hydrogens (tertiary/aromatic N) is 1. The van der Waals surface area contributed by atoms with Crippen molar-refractivity contribution >= 4 is 21.8 Å². The minimum Gasteiger partial charge on any atom is -0.497 e. The predicted molar refractivity (Wildman–Crippen MR) is 125 cm³/mol. The van der Waals surface area contributed by atoms with Gasteiger partial charge in [0, 0.05) is 24.7 Å². The van der Waals surface area contributed by atoms with Crippen LogP contribution in [0.3, 0.4) is 0 Å². The van der Waals surface area contributed by atoms with Gasteiger partial charge in [0.25, 0.3) is 5.91 Å². The Morgan fingerprint density at radius 2 is 1.61 bits per heavy atom. The second-order valence-electron chi connectivity index (χ2n) is 8.46. The van der Waals surface area contributed by atoms with E-state index in [2.05, 4.69) is 10.0 Å². The number of likely N-dealkylation sites (tertiary alicyclic amines) is 1. The highest BCUT2D eigenvalue weighted by Gasteiger charge is 2.32. The van der Waals surface area contributed by atoms with Crippen LogP contribution in [0.25, 0.3) is 0 Å². The number of ether oxygens (including phenoxy) is 1. The molecule has 1 heterocycles. The summed E-state index contributed by atoms with van der Waals surface area (Å²) >= 11 is 0. The highest BCUT2D eigenvalue weighted by molar-refractivity contribution is 7.89. The summed E-state index contributed by atoms with van der Waals surface area (Å²) in [5.74, 6) is 0.0641. The van der Waals surface area contributed by atoms with Crippen LogP contribution < -0.4 is 14.8 Å². The molecular weight excluding hydrogens is 442 g/mol. The van der Waals surface area contributed by atoms with E-state index in [0.29, 0.717) is 37.2 Å². The molecule has 1 unspecified atom stereocenters. The zero-order valence-electron chi connectivity index (χ0n) is 19.2. The predicted octanol–water partition coefficient (Wildman–Crippen LogP) is 2.42. The van der Waals surface area contributed by atoms with Crippen molar-refractivity contribution < 1.29 is 22.7 Å². The lowest BCUT2D eigenvalue weighted by atomic mass is 9.99. The number of nitrogens with one attached hydrogen (secondary N) is 2. The molecule has 1 aliphatic heterocycles. The molecule has 0 bridgehead atoms. The standard InChI is InChI=1S/C24H31N3O5S/c1-17(2)22(25-23(28)18-9-11-20(32-3)12-10-18)24(29)27-15-13-19(14-16-27)26-33(30,31)21-7-5-4-6-8-21/h4-12,17,19,22,26H,13-16H2,1-3H3,(H,25,28). The first-order chi connectivity index (χ1) is 15.7. The van der Waals surface area contributed by atoms with E-state index in [0.717, 1.165) is 0 Å². The molecule has 1 aliphatic rings. The third-order valence-electron chi connectivity index (χ3n) is 5.75. The molecule has 2 amide bonds. The van der Waals surface area contributed by atoms with Crippen LogP contribution in [0.2, 0.25) is 0 Å².